The van der Waals surface area contributed by atoms with Crippen LogP contribution in [0.2, 0.25) is 0 Å². The van der Waals surface area contributed by atoms with E-state index in [2.05, 4.69) is 9.97 Å². The van der Waals surface area contributed by atoms with E-state index in [1.165, 1.54) is 11.3 Å². The molecule has 0 bridgehead atoms. The molecule has 0 aliphatic heterocycles. The fourth-order valence-corrected chi connectivity index (χ4v) is 1.84. The minimum atomic E-state index is 0.0173. The molecule has 2 aromatic heterocycles. The molecule has 0 amide bonds. The molecule has 0 radical (unpaired) electrons. The second-order valence-corrected chi connectivity index (χ2v) is 3.51. The number of hydrogen-bond donors (Lipinski definition) is 2. The Bertz CT molecular complexity index is 437. The van der Waals surface area contributed by atoms with Gasteiger partial charge in [-0.3, -0.25) is 0 Å². The first-order valence-corrected chi connectivity index (χ1v) is 4.21. The second-order valence-electron chi connectivity index (χ2n) is 2.50. The molecule has 2 aromatic rings. The molecule has 3 N–H and O–H groups in total. The predicted molar refractivity (Wildman–Crippen MR) is 48.2 cm³/mol. The summed E-state index contributed by atoms with van der Waals surface area (Å²) in [6, 6.07) is 1.57. The van der Waals surface area contributed by atoms with Crippen molar-refractivity contribution >= 4 is 26.8 Å². The van der Waals surface area contributed by atoms with E-state index < -0.39 is 0 Å². The van der Waals surface area contributed by atoms with E-state index in [4.69, 9.17) is 10.8 Å². The first-order chi connectivity index (χ1) is 5.66. The summed E-state index contributed by atoms with van der Waals surface area (Å²) in [5.41, 5.74) is 7.16. The van der Waals surface area contributed by atoms with Crippen molar-refractivity contribution in [1.29, 1.82) is 0 Å². The van der Waals surface area contributed by atoms with Crippen molar-refractivity contribution < 1.29 is 5.11 Å². The number of rotatable bonds is 0. The van der Waals surface area contributed by atoms with Gasteiger partial charge in [0.1, 0.15) is 10.3 Å². The Balaban J connectivity index is 2.88. The van der Waals surface area contributed by atoms with E-state index in [-0.39, 0.29) is 5.88 Å². The highest BCUT2D eigenvalue weighted by Gasteiger charge is 2.06. The Labute approximate surface area is 72.7 Å². The summed E-state index contributed by atoms with van der Waals surface area (Å²) < 4.78 is 0. The van der Waals surface area contributed by atoms with Crippen molar-refractivity contribution in [2.75, 3.05) is 5.73 Å². The lowest BCUT2D eigenvalue weighted by atomic mass is 10.3. The van der Waals surface area contributed by atoms with Crippen LogP contribution in [0.15, 0.2) is 6.07 Å². The van der Waals surface area contributed by atoms with Gasteiger partial charge in [-0.25, -0.2) is 9.97 Å². The number of anilines is 1. The zero-order valence-corrected chi connectivity index (χ0v) is 7.22. The van der Waals surface area contributed by atoms with Gasteiger partial charge in [-0.1, -0.05) is 11.3 Å². The number of pyridine rings is 1. The molecule has 2 rings (SSSR count). The van der Waals surface area contributed by atoms with E-state index in [9.17, 15) is 0 Å². The quantitative estimate of drug-likeness (QED) is 0.642. The molecule has 0 saturated carbocycles. The first kappa shape index (κ1) is 7.30. The zero-order valence-electron chi connectivity index (χ0n) is 6.40. The van der Waals surface area contributed by atoms with Crippen molar-refractivity contribution in [3.05, 3.63) is 11.6 Å². The number of aryl methyl sites for hydroxylation is 1. The highest BCUT2D eigenvalue weighted by Crippen LogP contribution is 2.26. The Morgan fingerprint density at radius 1 is 1.50 bits per heavy atom. The van der Waals surface area contributed by atoms with Crippen molar-refractivity contribution in [3.8, 4) is 5.88 Å². The van der Waals surface area contributed by atoms with Gasteiger partial charge in [0.05, 0.1) is 0 Å². The summed E-state index contributed by atoms with van der Waals surface area (Å²) in [5.74, 6) is 0.0173. The maximum absolute atomic E-state index is 9.15. The summed E-state index contributed by atoms with van der Waals surface area (Å²) in [5, 5.41) is 9.63. The average molecular weight is 181 g/mol. The van der Waals surface area contributed by atoms with Crippen LogP contribution in [-0.4, -0.2) is 15.1 Å². The van der Waals surface area contributed by atoms with Gasteiger partial charge < -0.3 is 10.8 Å². The summed E-state index contributed by atoms with van der Waals surface area (Å²) in [6.45, 7) is 1.86. The minimum Gasteiger partial charge on any atom is -0.493 e. The number of fused-ring (bicyclic) bond motifs is 1. The maximum Gasteiger partial charge on any atom is 0.212 e. The Kier molecular flexibility index (Phi) is 1.41. The van der Waals surface area contributed by atoms with Crippen molar-refractivity contribution in [3.63, 3.8) is 0 Å². The fraction of sp³-hybridized carbons (Fsp3) is 0.143. The number of aromatic nitrogens is 2. The van der Waals surface area contributed by atoms with Crippen LogP contribution in [0.5, 0.6) is 5.88 Å². The van der Waals surface area contributed by atoms with Gasteiger partial charge in [0.25, 0.3) is 0 Å². The van der Waals surface area contributed by atoms with Crippen LogP contribution in [-0.2, 0) is 0 Å². The first-order valence-electron chi connectivity index (χ1n) is 3.39. The van der Waals surface area contributed by atoms with Crippen LogP contribution in [0.1, 0.15) is 5.56 Å². The van der Waals surface area contributed by atoms with Gasteiger partial charge in [0.2, 0.25) is 5.88 Å². The SMILES string of the molecule is Cc1cc(O)nc2sc(N)nc12. The number of aromatic hydroxyl groups is 1. The van der Waals surface area contributed by atoms with Crippen LogP contribution < -0.4 is 5.73 Å². The van der Waals surface area contributed by atoms with Gasteiger partial charge in [0, 0.05) is 6.07 Å². The van der Waals surface area contributed by atoms with Gasteiger partial charge >= 0.3 is 0 Å². The molecule has 4 nitrogen and oxygen atoms in total. The van der Waals surface area contributed by atoms with Gasteiger partial charge in [0.15, 0.2) is 5.13 Å². The highest BCUT2D eigenvalue weighted by molar-refractivity contribution is 7.21. The molecule has 0 spiro atoms. The molecule has 0 aromatic carbocycles. The van der Waals surface area contributed by atoms with E-state index >= 15 is 0 Å². The molecule has 12 heavy (non-hydrogen) atoms. The third kappa shape index (κ3) is 0.984. The average Bonchev–Trinajstić information content (AvgIpc) is 2.29. The lowest BCUT2D eigenvalue weighted by Crippen LogP contribution is -1.82. The second kappa shape index (κ2) is 2.31. The lowest BCUT2D eigenvalue weighted by Gasteiger charge is -1.93. The number of hydrogen-bond acceptors (Lipinski definition) is 5. The third-order valence-electron chi connectivity index (χ3n) is 1.56. The molecule has 5 heteroatoms. The number of nitrogens with zero attached hydrogens (tertiary/aromatic N) is 2. The van der Waals surface area contributed by atoms with Crippen LogP contribution in [0.4, 0.5) is 5.13 Å². The molecule has 0 fully saturated rings. The molecule has 0 saturated heterocycles. The number of nitrogens with two attached hydrogens (primary N) is 1. The smallest absolute Gasteiger partial charge is 0.212 e. The van der Waals surface area contributed by atoms with Crippen molar-refractivity contribution in [2.24, 2.45) is 0 Å². The summed E-state index contributed by atoms with van der Waals surface area (Å²) in [6.07, 6.45) is 0. The summed E-state index contributed by atoms with van der Waals surface area (Å²) in [4.78, 5) is 8.65. The molecular formula is C7H7N3OS. The fourth-order valence-electron chi connectivity index (χ4n) is 1.06. The Morgan fingerprint density at radius 2 is 2.25 bits per heavy atom. The monoisotopic (exact) mass is 181 g/mol. The molecule has 62 valence electrons. The topological polar surface area (TPSA) is 72.0 Å². The highest BCUT2D eigenvalue weighted by atomic mass is 32.1. The van der Waals surface area contributed by atoms with Crippen LogP contribution in [0.3, 0.4) is 0 Å². The van der Waals surface area contributed by atoms with Crippen LogP contribution in [0.25, 0.3) is 10.3 Å². The van der Waals surface area contributed by atoms with Crippen LogP contribution >= 0.6 is 11.3 Å². The maximum atomic E-state index is 9.15. The molecular weight excluding hydrogens is 174 g/mol. The van der Waals surface area contributed by atoms with E-state index in [1.807, 2.05) is 6.92 Å². The molecule has 0 aliphatic carbocycles. The molecule has 0 atom stereocenters. The number of nitrogen functional groups attached to an aromatic ring is 1. The number of thiazole rings is 1. The Morgan fingerprint density at radius 3 is 3.00 bits per heavy atom. The standard InChI is InChI=1S/C7H7N3OS/c1-3-2-4(11)9-6-5(3)10-7(8)12-6/h2H,1H3,(H2,8,10)(H,9,11). The minimum absolute atomic E-state index is 0.0173. The predicted octanol–water partition coefficient (Wildman–Crippen LogP) is 1.29. The normalized spacial score (nSPS) is 10.8. The van der Waals surface area contributed by atoms with Crippen molar-refractivity contribution in [1.82, 2.24) is 9.97 Å². The summed E-state index contributed by atoms with van der Waals surface area (Å²) in [7, 11) is 0. The van der Waals surface area contributed by atoms with E-state index in [0.717, 1.165) is 11.1 Å². The summed E-state index contributed by atoms with van der Waals surface area (Å²) >= 11 is 1.28. The Hall–Kier alpha value is -1.36. The molecule has 0 aliphatic rings. The van der Waals surface area contributed by atoms with Crippen LogP contribution in [0, 0.1) is 6.92 Å². The lowest BCUT2D eigenvalue weighted by molar-refractivity contribution is 0.455. The van der Waals surface area contributed by atoms with Gasteiger partial charge in [-0.15, -0.1) is 0 Å². The molecule has 0 unspecified atom stereocenters. The molecule has 2 heterocycles. The van der Waals surface area contributed by atoms with Gasteiger partial charge in [-0.05, 0) is 12.5 Å². The van der Waals surface area contributed by atoms with Crippen molar-refractivity contribution in [2.45, 2.75) is 6.92 Å². The van der Waals surface area contributed by atoms with E-state index in [1.54, 1.807) is 6.07 Å². The third-order valence-corrected chi connectivity index (χ3v) is 2.34. The largest absolute Gasteiger partial charge is 0.493 e. The zero-order chi connectivity index (χ0) is 8.72. The van der Waals surface area contributed by atoms with E-state index in [0.29, 0.717) is 9.96 Å². The van der Waals surface area contributed by atoms with Gasteiger partial charge in [-0.2, -0.15) is 0 Å².